The Morgan fingerprint density at radius 1 is 1.04 bits per heavy atom. The molecular weight excluding hydrogens is 419 g/mol. The quantitative estimate of drug-likeness (QED) is 0.575. The molecule has 3 rings (SSSR count). The van der Waals surface area contributed by atoms with Gasteiger partial charge in [0.2, 0.25) is 0 Å². The van der Waals surface area contributed by atoms with Gasteiger partial charge in [0.25, 0.3) is 0 Å². The monoisotopic (exact) mass is 450 g/mol. The van der Waals surface area contributed by atoms with E-state index >= 15 is 0 Å². The van der Waals surface area contributed by atoms with E-state index in [9.17, 15) is 0 Å². The zero-order valence-electron chi connectivity index (χ0n) is 15.3. The topological polar surface area (TPSA) is 6.48 Å². The third-order valence-corrected chi connectivity index (χ3v) is 6.01. The lowest BCUT2D eigenvalue weighted by molar-refractivity contribution is 0.119. The fourth-order valence-electron chi connectivity index (χ4n) is 4.28. The van der Waals surface area contributed by atoms with E-state index in [1.54, 1.807) is 0 Å². The first-order valence-electron chi connectivity index (χ1n) is 9.41. The van der Waals surface area contributed by atoms with Crippen molar-refractivity contribution in [3.8, 4) is 0 Å². The SMILES string of the molecule is CC(CN1CCCC(CN2CCCCC2)C1)c1cccc(Br)c1.Cl.Cl. The fraction of sp³-hybridized carbons (Fsp3) is 0.700. The maximum atomic E-state index is 3.60. The van der Waals surface area contributed by atoms with Crippen molar-refractivity contribution in [2.75, 3.05) is 39.3 Å². The van der Waals surface area contributed by atoms with Gasteiger partial charge in [0.1, 0.15) is 0 Å². The van der Waals surface area contributed by atoms with Crippen LogP contribution < -0.4 is 0 Å². The molecule has 0 saturated carbocycles. The maximum Gasteiger partial charge on any atom is 0.0178 e. The number of likely N-dealkylation sites (tertiary alicyclic amines) is 2. The minimum absolute atomic E-state index is 0. The van der Waals surface area contributed by atoms with Crippen molar-refractivity contribution in [3.05, 3.63) is 34.3 Å². The average Bonchev–Trinajstić information content (AvgIpc) is 2.56. The Labute approximate surface area is 174 Å². The second kappa shape index (κ2) is 11.8. The standard InChI is InChI=1S/C20H31BrN2.2ClH/c1-17(19-8-5-9-20(21)13-19)14-23-12-6-7-18(16-23)15-22-10-3-2-4-11-22;;/h5,8-9,13,17-18H,2-4,6-7,10-12,14-16H2,1H3;2*1H. The summed E-state index contributed by atoms with van der Waals surface area (Å²) in [4.78, 5) is 5.43. The highest BCUT2D eigenvalue weighted by Crippen LogP contribution is 2.24. The zero-order chi connectivity index (χ0) is 16.1. The van der Waals surface area contributed by atoms with Crippen molar-refractivity contribution in [1.29, 1.82) is 0 Å². The Hall–Kier alpha value is 0.200. The van der Waals surface area contributed by atoms with Crippen LogP contribution in [0.4, 0.5) is 0 Å². The van der Waals surface area contributed by atoms with Gasteiger partial charge in [-0.15, -0.1) is 24.8 Å². The normalized spacial score (nSPS) is 23.4. The van der Waals surface area contributed by atoms with E-state index in [-0.39, 0.29) is 24.8 Å². The van der Waals surface area contributed by atoms with Crippen molar-refractivity contribution in [3.63, 3.8) is 0 Å². The molecule has 2 aliphatic heterocycles. The van der Waals surface area contributed by atoms with Gasteiger partial charge < -0.3 is 9.80 Å². The molecule has 2 atom stereocenters. The van der Waals surface area contributed by atoms with Crippen molar-refractivity contribution in [1.82, 2.24) is 9.80 Å². The van der Waals surface area contributed by atoms with Crippen molar-refractivity contribution in [2.45, 2.75) is 44.9 Å². The van der Waals surface area contributed by atoms with Crippen LogP contribution in [0.1, 0.15) is 50.5 Å². The molecule has 5 heteroatoms. The number of piperidine rings is 2. The van der Waals surface area contributed by atoms with E-state index in [1.165, 1.54) is 81.4 Å². The second-order valence-corrected chi connectivity index (χ2v) is 8.50. The van der Waals surface area contributed by atoms with Gasteiger partial charge in [-0.2, -0.15) is 0 Å². The van der Waals surface area contributed by atoms with E-state index in [2.05, 4.69) is 56.9 Å². The average molecular weight is 452 g/mol. The van der Waals surface area contributed by atoms with Crippen molar-refractivity contribution < 1.29 is 0 Å². The summed E-state index contributed by atoms with van der Waals surface area (Å²) >= 11 is 3.60. The highest BCUT2D eigenvalue weighted by atomic mass is 79.9. The van der Waals surface area contributed by atoms with Crippen LogP contribution in [0.25, 0.3) is 0 Å². The molecule has 2 nitrogen and oxygen atoms in total. The molecule has 0 aliphatic carbocycles. The molecule has 2 fully saturated rings. The van der Waals surface area contributed by atoms with E-state index < -0.39 is 0 Å². The predicted molar refractivity (Wildman–Crippen MR) is 117 cm³/mol. The Balaban J connectivity index is 0.00000156. The molecule has 2 heterocycles. The minimum atomic E-state index is 0. The van der Waals surface area contributed by atoms with Crippen LogP contribution >= 0.6 is 40.7 Å². The van der Waals surface area contributed by atoms with E-state index in [1.807, 2.05) is 0 Å². The maximum absolute atomic E-state index is 3.60. The minimum Gasteiger partial charge on any atom is -0.303 e. The Morgan fingerprint density at radius 3 is 2.48 bits per heavy atom. The van der Waals surface area contributed by atoms with Crippen LogP contribution in [0.2, 0.25) is 0 Å². The molecular formula is C20H33BrCl2N2. The van der Waals surface area contributed by atoms with E-state index in [0.717, 1.165) is 5.92 Å². The van der Waals surface area contributed by atoms with Gasteiger partial charge in [-0.1, -0.05) is 41.4 Å². The highest BCUT2D eigenvalue weighted by molar-refractivity contribution is 9.10. The number of nitrogens with zero attached hydrogens (tertiary/aromatic N) is 2. The lowest BCUT2D eigenvalue weighted by Gasteiger charge is -2.37. The first-order valence-corrected chi connectivity index (χ1v) is 10.2. The van der Waals surface area contributed by atoms with Gasteiger partial charge in [-0.3, -0.25) is 0 Å². The largest absolute Gasteiger partial charge is 0.303 e. The van der Waals surface area contributed by atoms with Gasteiger partial charge in [-0.05, 0) is 74.8 Å². The van der Waals surface area contributed by atoms with Crippen molar-refractivity contribution in [2.24, 2.45) is 5.92 Å². The lowest BCUT2D eigenvalue weighted by Crippen LogP contribution is -2.43. The summed E-state index contributed by atoms with van der Waals surface area (Å²) in [7, 11) is 0. The van der Waals surface area contributed by atoms with E-state index in [4.69, 9.17) is 0 Å². The van der Waals surface area contributed by atoms with Gasteiger partial charge in [0.05, 0.1) is 0 Å². The summed E-state index contributed by atoms with van der Waals surface area (Å²) < 4.78 is 1.20. The number of hydrogen-bond acceptors (Lipinski definition) is 2. The summed E-state index contributed by atoms with van der Waals surface area (Å²) in [6, 6.07) is 8.82. The molecule has 2 unspecified atom stereocenters. The molecule has 144 valence electrons. The van der Waals surface area contributed by atoms with Crippen molar-refractivity contribution >= 4 is 40.7 Å². The second-order valence-electron chi connectivity index (χ2n) is 7.59. The number of benzene rings is 1. The van der Waals surface area contributed by atoms with Crippen LogP contribution in [0.5, 0.6) is 0 Å². The van der Waals surface area contributed by atoms with Gasteiger partial charge in [0.15, 0.2) is 0 Å². The smallest absolute Gasteiger partial charge is 0.0178 e. The number of rotatable bonds is 5. The van der Waals surface area contributed by atoms with Crippen LogP contribution in [0.3, 0.4) is 0 Å². The first-order chi connectivity index (χ1) is 11.2. The summed E-state index contributed by atoms with van der Waals surface area (Å²) in [6.07, 6.45) is 7.08. The molecule has 1 aromatic carbocycles. The molecule has 0 radical (unpaired) electrons. The molecule has 0 spiro atoms. The third-order valence-electron chi connectivity index (χ3n) is 5.52. The molecule has 2 saturated heterocycles. The fourth-order valence-corrected chi connectivity index (χ4v) is 4.70. The molecule has 0 N–H and O–H groups in total. The zero-order valence-corrected chi connectivity index (χ0v) is 18.6. The Kier molecular flexibility index (Phi) is 11.0. The molecule has 1 aromatic rings. The Bertz CT molecular complexity index is 494. The summed E-state index contributed by atoms with van der Waals surface area (Å²) in [6.45, 7) is 10.2. The molecule has 0 bridgehead atoms. The summed E-state index contributed by atoms with van der Waals surface area (Å²) in [5.74, 6) is 1.50. The van der Waals surface area contributed by atoms with Gasteiger partial charge >= 0.3 is 0 Å². The third kappa shape index (κ3) is 7.38. The Morgan fingerprint density at radius 2 is 1.76 bits per heavy atom. The number of halogens is 3. The van der Waals surface area contributed by atoms with Gasteiger partial charge in [0, 0.05) is 24.1 Å². The number of hydrogen-bond donors (Lipinski definition) is 0. The van der Waals surface area contributed by atoms with Crippen LogP contribution in [0, 0.1) is 5.92 Å². The van der Waals surface area contributed by atoms with E-state index in [0.29, 0.717) is 5.92 Å². The first kappa shape index (κ1) is 23.2. The molecule has 0 amide bonds. The molecule has 2 aliphatic rings. The highest BCUT2D eigenvalue weighted by Gasteiger charge is 2.24. The summed E-state index contributed by atoms with van der Waals surface area (Å²) in [5, 5.41) is 0. The molecule has 25 heavy (non-hydrogen) atoms. The summed E-state index contributed by atoms with van der Waals surface area (Å²) in [5.41, 5.74) is 1.46. The molecule has 0 aromatic heterocycles. The van der Waals surface area contributed by atoms with Crippen LogP contribution in [-0.4, -0.2) is 49.1 Å². The van der Waals surface area contributed by atoms with Gasteiger partial charge in [-0.25, -0.2) is 0 Å². The van der Waals surface area contributed by atoms with Crippen LogP contribution in [0.15, 0.2) is 28.7 Å². The predicted octanol–water partition coefficient (Wildman–Crippen LogP) is 5.59. The lowest BCUT2D eigenvalue weighted by atomic mass is 9.94. The van der Waals surface area contributed by atoms with Crippen LogP contribution in [-0.2, 0) is 0 Å².